The van der Waals surface area contributed by atoms with Crippen LogP contribution < -0.4 is 15.0 Å². The largest absolute Gasteiger partial charge is 0.488 e. The number of rotatable bonds is 5. The lowest BCUT2D eigenvalue weighted by Crippen LogP contribution is -2.46. The number of halogens is 2. The summed E-state index contributed by atoms with van der Waals surface area (Å²) in [4.78, 5) is 31.5. The molecular formula is C22H20F2N4O4. The molecule has 0 aliphatic carbocycles. The van der Waals surface area contributed by atoms with Gasteiger partial charge in [-0.2, -0.15) is 8.78 Å². The number of carbonyl (C=O) groups is 1. The van der Waals surface area contributed by atoms with Gasteiger partial charge in [-0.05, 0) is 25.1 Å². The van der Waals surface area contributed by atoms with Gasteiger partial charge in [0.05, 0.1) is 25.0 Å². The monoisotopic (exact) mass is 442 g/mol. The van der Waals surface area contributed by atoms with E-state index < -0.39 is 12.5 Å². The molecule has 2 aliphatic heterocycles. The Morgan fingerprint density at radius 3 is 2.81 bits per heavy atom. The van der Waals surface area contributed by atoms with Gasteiger partial charge in [0, 0.05) is 24.8 Å². The van der Waals surface area contributed by atoms with Crippen LogP contribution in [0.2, 0.25) is 0 Å². The predicted octanol–water partition coefficient (Wildman–Crippen LogP) is 2.40. The van der Waals surface area contributed by atoms with Gasteiger partial charge >= 0.3 is 6.11 Å². The number of imidazole rings is 1. The zero-order valence-electron chi connectivity index (χ0n) is 17.3. The smallest absolute Gasteiger partial charge is 0.402 e. The van der Waals surface area contributed by atoms with E-state index >= 15 is 0 Å². The van der Waals surface area contributed by atoms with Gasteiger partial charge in [0.2, 0.25) is 0 Å². The molecule has 8 nitrogen and oxygen atoms in total. The third kappa shape index (κ3) is 3.51. The molecule has 1 aromatic carbocycles. The molecule has 0 radical (unpaired) electrons. The number of ether oxygens (including phenoxy) is 2. The molecule has 1 amide bonds. The second-order valence-electron chi connectivity index (χ2n) is 7.78. The number of aromatic nitrogens is 3. The Morgan fingerprint density at radius 2 is 2.03 bits per heavy atom. The number of carbonyl (C=O) groups excluding carboxylic acids is 1. The van der Waals surface area contributed by atoms with Gasteiger partial charge in [-0.1, -0.05) is 12.1 Å². The summed E-state index contributed by atoms with van der Waals surface area (Å²) in [5.41, 5.74) is 1.63. The first-order valence-electron chi connectivity index (χ1n) is 10.2. The standard InChI is InChI=1S/C22H20F2N4O4/c1-14-12-27(13-25-14)16-5-6-17-20(29)26(7-8-28(17)21(16)30)9-10-31-18-4-2-3-15-11-22(23,24)32-19(15)18/h2-6,12-13H,7-11H2,1H3. The van der Waals surface area contributed by atoms with E-state index in [1.807, 2.05) is 6.92 Å². The van der Waals surface area contributed by atoms with Crippen LogP contribution in [0.5, 0.6) is 11.5 Å². The molecule has 0 bridgehead atoms. The van der Waals surface area contributed by atoms with Crippen LogP contribution in [0.1, 0.15) is 21.7 Å². The highest BCUT2D eigenvalue weighted by Gasteiger charge is 2.41. The Balaban J connectivity index is 1.28. The van der Waals surface area contributed by atoms with Crippen molar-refractivity contribution in [2.45, 2.75) is 26.0 Å². The van der Waals surface area contributed by atoms with Crippen molar-refractivity contribution in [1.29, 1.82) is 0 Å². The van der Waals surface area contributed by atoms with Crippen LogP contribution in [0, 0.1) is 6.92 Å². The average Bonchev–Trinajstić information content (AvgIpc) is 3.32. The molecule has 5 rings (SSSR count). The molecule has 0 spiro atoms. The van der Waals surface area contributed by atoms with Crippen molar-refractivity contribution in [2.24, 2.45) is 0 Å². The summed E-state index contributed by atoms with van der Waals surface area (Å²) in [5, 5.41) is 0. The second kappa shape index (κ2) is 7.47. The lowest BCUT2D eigenvalue weighted by atomic mass is 10.1. The van der Waals surface area contributed by atoms with Crippen LogP contribution >= 0.6 is 0 Å². The second-order valence-corrected chi connectivity index (χ2v) is 7.78. The van der Waals surface area contributed by atoms with E-state index in [0.29, 0.717) is 30.0 Å². The van der Waals surface area contributed by atoms with Crippen LogP contribution in [0.4, 0.5) is 8.78 Å². The van der Waals surface area contributed by atoms with E-state index in [4.69, 9.17) is 9.47 Å². The van der Waals surface area contributed by atoms with E-state index in [-0.39, 0.29) is 36.1 Å². The molecule has 0 fully saturated rings. The summed E-state index contributed by atoms with van der Waals surface area (Å²) >= 11 is 0. The number of amides is 1. The maximum Gasteiger partial charge on any atom is 0.402 e. The quantitative estimate of drug-likeness (QED) is 0.607. The molecule has 3 aromatic rings. The molecule has 0 saturated heterocycles. The molecule has 0 saturated carbocycles. The maximum atomic E-state index is 13.5. The Labute approximate surface area is 181 Å². The number of para-hydroxylation sites is 1. The summed E-state index contributed by atoms with van der Waals surface area (Å²) < 4.78 is 40.5. The Morgan fingerprint density at radius 1 is 1.19 bits per heavy atom. The van der Waals surface area contributed by atoms with Crippen molar-refractivity contribution in [3.63, 3.8) is 0 Å². The molecule has 0 N–H and O–H groups in total. The van der Waals surface area contributed by atoms with Crippen molar-refractivity contribution in [2.75, 3.05) is 19.7 Å². The molecule has 2 aromatic heterocycles. The minimum Gasteiger partial charge on any atom is -0.488 e. The van der Waals surface area contributed by atoms with Crippen molar-refractivity contribution in [3.8, 4) is 17.2 Å². The number of hydrogen-bond acceptors (Lipinski definition) is 5. The Kier molecular flexibility index (Phi) is 4.72. The van der Waals surface area contributed by atoms with Gasteiger partial charge in [0.15, 0.2) is 11.5 Å². The fraction of sp³-hybridized carbons (Fsp3) is 0.318. The number of nitrogens with zero attached hydrogens (tertiary/aromatic N) is 4. The normalized spacial score (nSPS) is 16.5. The van der Waals surface area contributed by atoms with E-state index in [9.17, 15) is 18.4 Å². The van der Waals surface area contributed by atoms with Crippen molar-refractivity contribution < 1.29 is 23.0 Å². The molecule has 166 valence electrons. The highest BCUT2D eigenvalue weighted by molar-refractivity contribution is 5.93. The van der Waals surface area contributed by atoms with E-state index in [1.165, 1.54) is 4.57 Å². The van der Waals surface area contributed by atoms with Crippen molar-refractivity contribution in [3.05, 3.63) is 70.2 Å². The molecule has 2 aliphatic rings. The SMILES string of the molecule is Cc1cn(-c2ccc3n(c2=O)CCN(CCOc2cccc4c2OC(F)(F)C4)C3=O)cn1. The van der Waals surface area contributed by atoms with Crippen molar-refractivity contribution >= 4 is 5.91 Å². The zero-order valence-corrected chi connectivity index (χ0v) is 17.3. The number of aryl methyl sites for hydroxylation is 1. The van der Waals surface area contributed by atoms with Crippen molar-refractivity contribution in [1.82, 2.24) is 19.0 Å². The number of benzene rings is 1. The van der Waals surface area contributed by atoms with Crippen LogP contribution in [0.3, 0.4) is 0 Å². The van der Waals surface area contributed by atoms with Crippen LogP contribution in [0.25, 0.3) is 5.69 Å². The molecular weight excluding hydrogens is 422 g/mol. The number of alkyl halides is 2. The van der Waals surface area contributed by atoms with Gasteiger partial charge in [0.25, 0.3) is 11.5 Å². The maximum absolute atomic E-state index is 13.5. The Bertz CT molecular complexity index is 1270. The van der Waals surface area contributed by atoms with Gasteiger partial charge in [-0.3, -0.25) is 9.59 Å². The predicted molar refractivity (Wildman–Crippen MR) is 110 cm³/mol. The minimum atomic E-state index is -3.24. The first-order chi connectivity index (χ1) is 15.3. The first kappa shape index (κ1) is 20.2. The lowest BCUT2D eigenvalue weighted by molar-refractivity contribution is -0.159. The number of fused-ring (bicyclic) bond motifs is 2. The molecule has 32 heavy (non-hydrogen) atoms. The summed E-state index contributed by atoms with van der Waals surface area (Å²) in [7, 11) is 0. The molecule has 0 atom stereocenters. The fourth-order valence-corrected chi connectivity index (χ4v) is 4.03. The van der Waals surface area contributed by atoms with Crippen LogP contribution in [-0.4, -0.2) is 50.7 Å². The summed E-state index contributed by atoms with van der Waals surface area (Å²) in [6, 6.07) is 8.00. The number of hydrogen-bond donors (Lipinski definition) is 0. The third-order valence-electron chi connectivity index (χ3n) is 5.57. The van der Waals surface area contributed by atoms with Crippen LogP contribution in [-0.2, 0) is 13.0 Å². The van der Waals surface area contributed by atoms with Gasteiger partial charge in [-0.25, -0.2) is 4.98 Å². The average molecular weight is 442 g/mol. The summed E-state index contributed by atoms with van der Waals surface area (Å²) in [6.45, 7) is 2.86. The van der Waals surface area contributed by atoms with Gasteiger partial charge in [-0.15, -0.1) is 0 Å². The lowest BCUT2D eigenvalue weighted by Gasteiger charge is -2.29. The summed E-state index contributed by atoms with van der Waals surface area (Å²) in [5.74, 6) is -0.0194. The zero-order chi connectivity index (χ0) is 22.5. The van der Waals surface area contributed by atoms with E-state index in [1.54, 1.807) is 52.3 Å². The fourth-order valence-electron chi connectivity index (χ4n) is 4.03. The molecule has 10 heteroatoms. The van der Waals surface area contributed by atoms with E-state index in [0.717, 1.165) is 5.69 Å². The van der Waals surface area contributed by atoms with Gasteiger partial charge in [0.1, 0.15) is 18.0 Å². The highest BCUT2D eigenvalue weighted by atomic mass is 19.3. The highest BCUT2D eigenvalue weighted by Crippen LogP contribution is 2.43. The number of pyridine rings is 1. The minimum absolute atomic E-state index is 0.0432. The molecule has 0 unspecified atom stereocenters. The third-order valence-corrected chi connectivity index (χ3v) is 5.57. The van der Waals surface area contributed by atoms with E-state index in [2.05, 4.69) is 4.98 Å². The van der Waals surface area contributed by atoms with Gasteiger partial charge < -0.3 is 23.5 Å². The van der Waals surface area contributed by atoms with Crippen LogP contribution in [0.15, 0.2) is 47.7 Å². The Hall–Kier alpha value is -3.69. The summed E-state index contributed by atoms with van der Waals surface area (Å²) in [6.07, 6.45) is -0.419. The first-order valence-corrected chi connectivity index (χ1v) is 10.2. The topological polar surface area (TPSA) is 78.6 Å². The molecule has 4 heterocycles.